The Bertz CT molecular complexity index is 876. The van der Waals surface area contributed by atoms with Crippen molar-refractivity contribution in [3.05, 3.63) is 78.0 Å². The highest BCUT2D eigenvalue weighted by Crippen LogP contribution is 2.21. The summed E-state index contributed by atoms with van der Waals surface area (Å²) in [6.07, 6.45) is 1.68. The van der Waals surface area contributed by atoms with Crippen LogP contribution in [0.15, 0.2) is 66.9 Å². The second-order valence-electron chi connectivity index (χ2n) is 5.53. The fourth-order valence-electron chi connectivity index (χ4n) is 2.43. The number of nitrogens with one attached hydrogen (secondary N) is 2. The van der Waals surface area contributed by atoms with Crippen LogP contribution in [0.1, 0.15) is 15.9 Å². The fourth-order valence-corrected chi connectivity index (χ4v) is 2.43. The highest BCUT2D eigenvalue weighted by molar-refractivity contribution is 6.05. The lowest BCUT2D eigenvalue weighted by Crippen LogP contribution is -2.14. The van der Waals surface area contributed by atoms with Gasteiger partial charge in [-0.1, -0.05) is 30.3 Å². The lowest BCUT2D eigenvalue weighted by molar-refractivity contribution is 0.102. The van der Waals surface area contributed by atoms with Crippen LogP contribution in [0.4, 0.5) is 17.2 Å². The number of methoxy groups -OCH3 is 1. The number of amides is 1. The number of carbonyl (C=O) groups excluding carboxylic acids is 1. The molecule has 0 aliphatic rings. The first-order chi connectivity index (χ1) is 12.2. The van der Waals surface area contributed by atoms with Crippen molar-refractivity contribution >= 4 is 23.1 Å². The van der Waals surface area contributed by atoms with E-state index in [1.807, 2.05) is 43.3 Å². The molecule has 5 heteroatoms. The summed E-state index contributed by atoms with van der Waals surface area (Å²) in [5.74, 6) is 0.744. The summed E-state index contributed by atoms with van der Waals surface area (Å²) in [7, 11) is 1.54. The summed E-state index contributed by atoms with van der Waals surface area (Å²) < 4.78 is 5.21. The molecule has 2 N–H and O–H groups in total. The van der Waals surface area contributed by atoms with Crippen LogP contribution in [-0.4, -0.2) is 18.0 Å². The average Bonchev–Trinajstić information content (AvgIpc) is 2.65. The van der Waals surface area contributed by atoms with Crippen molar-refractivity contribution in [1.29, 1.82) is 0 Å². The number of hydrogen-bond donors (Lipinski definition) is 2. The molecule has 0 unspecified atom stereocenters. The fraction of sp³-hybridized carbons (Fsp3) is 0.100. The number of anilines is 3. The quantitative estimate of drug-likeness (QED) is 0.727. The van der Waals surface area contributed by atoms with Crippen LogP contribution in [0.3, 0.4) is 0 Å². The van der Waals surface area contributed by atoms with Gasteiger partial charge in [-0.25, -0.2) is 4.98 Å². The molecule has 2 aromatic carbocycles. The third-order valence-corrected chi connectivity index (χ3v) is 3.78. The zero-order valence-electron chi connectivity index (χ0n) is 14.1. The van der Waals surface area contributed by atoms with E-state index in [0.717, 1.165) is 16.9 Å². The van der Waals surface area contributed by atoms with E-state index in [2.05, 4.69) is 15.6 Å². The van der Waals surface area contributed by atoms with E-state index >= 15 is 0 Å². The van der Waals surface area contributed by atoms with Gasteiger partial charge in [0.25, 0.3) is 5.91 Å². The summed E-state index contributed by atoms with van der Waals surface area (Å²) in [6.45, 7) is 2.04. The smallest absolute Gasteiger partial charge is 0.260 e. The molecule has 0 radical (unpaired) electrons. The number of benzene rings is 2. The number of hydrogen-bond acceptors (Lipinski definition) is 4. The Morgan fingerprint density at radius 3 is 2.48 bits per heavy atom. The van der Waals surface area contributed by atoms with Crippen molar-refractivity contribution in [2.75, 3.05) is 17.7 Å². The molecule has 3 rings (SSSR count). The molecule has 0 atom stereocenters. The first kappa shape index (κ1) is 16.5. The van der Waals surface area contributed by atoms with Gasteiger partial charge in [0.2, 0.25) is 0 Å². The van der Waals surface area contributed by atoms with Gasteiger partial charge in [-0.15, -0.1) is 0 Å². The van der Waals surface area contributed by atoms with Crippen LogP contribution in [0.25, 0.3) is 0 Å². The summed E-state index contributed by atoms with van der Waals surface area (Å²) in [6, 6.07) is 18.7. The van der Waals surface area contributed by atoms with Crippen LogP contribution < -0.4 is 15.4 Å². The largest absolute Gasteiger partial charge is 0.496 e. The molecule has 0 fully saturated rings. The van der Waals surface area contributed by atoms with Crippen molar-refractivity contribution in [2.24, 2.45) is 0 Å². The Morgan fingerprint density at radius 2 is 1.76 bits per heavy atom. The summed E-state index contributed by atoms with van der Waals surface area (Å²) in [4.78, 5) is 16.7. The molecule has 1 aromatic heterocycles. The van der Waals surface area contributed by atoms with Gasteiger partial charge in [0.1, 0.15) is 11.6 Å². The third-order valence-electron chi connectivity index (χ3n) is 3.78. The van der Waals surface area contributed by atoms with Gasteiger partial charge in [-0.05, 0) is 42.8 Å². The predicted octanol–water partition coefficient (Wildman–Crippen LogP) is 4.39. The molecule has 0 saturated heterocycles. The van der Waals surface area contributed by atoms with Crippen LogP contribution >= 0.6 is 0 Å². The topological polar surface area (TPSA) is 63.2 Å². The maximum Gasteiger partial charge on any atom is 0.260 e. The molecule has 126 valence electrons. The molecule has 0 aliphatic carbocycles. The van der Waals surface area contributed by atoms with E-state index < -0.39 is 0 Å². The number of nitrogens with zero attached hydrogens (tertiary/aromatic N) is 1. The van der Waals surface area contributed by atoms with Gasteiger partial charge in [0.15, 0.2) is 0 Å². The zero-order chi connectivity index (χ0) is 17.6. The van der Waals surface area contributed by atoms with E-state index in [4.69, 9.17) is 4.74 Å². The molecule has 1 amide bonds. The molecular formula is C20H19N3O2. The molecule has 0 saturated carbocycles. The first-order valence-corrected chi connectivity index (χ1v) is 7.90. The molecule has 5 nitrogen and oxygen atoms in total. The van der Waals surface area contributed by atoms with E-state index in [0.29, 0.717) is 17.1 Å². The highest BCUT2D eigenvalue weighted by Gasteiger charge is 2.12. The van der Waals surface area contributed by atoms with Crippen LogP contribution in [-0.2, 0) is 0 Å². The van der Waals surface area contributed by atoms with Crippen LogP contribution in [0.5, 0.6) is 5.75 Å². The van der Waals surface area contributed by atoms with Gasteiger partial charge in [0.05, 0.1) is 24.6 Å². The number of rotatable bonds is 5. The third kappa shape index (κ3) is 3.95. The number of ether oxygens (including phenoxy) is 1. The van der Waals surface area contributed by atoms with Gasteiger partial charge in [-0.3, -0.25) is 4.79 Å². The van der Waals surface area contributed by atoms with Gasteiger partial charge >= 0.3 is 0 Å². The van der Waals surface area contributed by atoms with Crippen molar-refractivity contribution < 1.29 is 9.53 Å². The zero-order valence-corrected chi connectivity index (χ0v) is 14.1. The molecule has 0 bridgehead atoms. The molecule has 0 spiro atoms. The number of pyridine rings is 1. The standard InChI is InChI=1S/C20H19N3O2/c1-14-7-3-5-9-17(14)22-15-11-12-19(21-13-15)23-20(24)16-8-4-6-10-18(16)25-2/h3-13,22H,1-2H3,(H,21,23,24). The minimum atomic E-state index is -0.260. The number of para-hydroxylation sites is 2. The predicted molar refractivity (Wildman–Crippen MR) is 99.6 cm³/mol. The van der Waals surface area contributed by atoms with Gasteiger partial charge < -0.3 is 15.4 Å². The second-order valence-corrected chi connectivity index (χ2v) is 5.53. The SMILES string of the molecule is COc1ccccc1C(=O)Nc1ccc(Nc2ccccc2C)cn1. The van der Waals surface area contributed by atoms with Crippen molar-refractivity contribution in [3.8, 4) is 5.75 Å². The minimum absolute atomic E-state index is 0.260. The van der Waals surface area contributed by atoms with Gasteiger partial charge in [0, 0.05) is 5.69 Å². The lowest BCUT2D eigenvalue weighted by atomic mass is 10.2. The maximum atomic E-state index is 12.4. The number of aromatic nitrogens is 1. The van der Waals surface area contributed by atoms with Gasteiger partial charge in [-0.2, -0.15) is 0 Å². The van der Waals surface area contributed by atoms with Crippen LogP contribution in [0.2, 0.25) is 0 Å². The Balaban J connectivity index is 1.70. The molecular weight excluding hydrogens is 314 g/mol. The molecule has 1 heterocycles. The first-order valence-electron chi connectivity index (χ1n) is 7.90. The molecule has 0 aliphatic heterocycles. The average molecular weight is 333 g/mol. The van der Waals surface area contributed by atoms with E-state index in [1.54, 1.807) is 30.5 Å². The van der Waals surface area contributed by atoms with Crippen molar-refractivity contribution in [1.82, 2.24) is 4.98 Å². The Labute approximate surface area is 146 Å². The Morgan fingerprint density at radius 1 is 1.00 bits per heavy atom. The highest BCUT2D eigenvalue weighted by atomic mass is 16.5. The van der Waals surface area contributed by atoms with E-state index in [-0.39, 0.29) is 5.91 Å². The Kier molecular flexibility index (Phi) is 4.95. The Hall–Kier alpha value is -3.34. The summed E-state index contributed by atoms with van der Waals surface area (Å²) in [5.41, 5.74) is 3.49. The second kappa shape index (κ2) is 7.49. The van der Waals surface area contributed by atoms with Crippen molar-refractivity contribution in [3.63, 3.8) is 0 Å². The lowest BCUT2D eigenvalue weighted by Gasteiger charge is -2.11. The minimum Gasteiger partial charge on any atom is -0.496 e. The summed E-state index contributed by atoms with van der Waals surface area (Å²) in [5, 5.41) is 6.09. The number of carbonyl (C=O) groups is 1. The normalized spacial score (nSPS) is 10.2. The summed E-state index contributed by atoms with van der Waals surface area (Å²) >= 11 is 0. The number of aryl methyl sites for hydroxylation is 1. The van der Waals surface area contributed by atoms with Crippen molar-refractivity contribution in [2.45, 2.75) is 6.92 Å². The van der Waals surface area contributed by atoms with E-state index in [9.17, 15) is 4.79 Å². The van der Waals surface area contributed by atoms with E-state index in [1.165, 1.54) is 7.11 Å². The monoisotopic (exact) mass is 333 g/mol. The molecule has 3 aromatic rings. The van der Waals surface area contributed by atoms with Crippen LogP contribution in [0, 0.1) is 6.92 Å². The molecule has 25 heavy (non-hydrogen) atoms. The maximum absolute atomic E-state index is 12.4.